The second kappa shape index (κ2) is 7.53. The van der Waals surface area contributed by atoms with Crippen molar-refractivity contribution < 1.29 is 0 Å². The Bertz CT molecular complexity index is 794. The van der Waals surface area contributed by atoms with Crippen LogP contribution >= 0.6 is 34.9 Å². The predicted molar refractivity (Wildman–Crippen MR) is 103 cm³/mol. The topological polar surface area (TPSA) is 38.9 Å². The molecule has 0 aliphatic carbocycles. The van der Waals surface area contributed by atoms with Crippen LogP contribution in [0.4, 0.5) is 0 Å². The van der Waals surface area contributed by atoms with Gasteiger partial charge in [0.05, 0.1) is 10.4 Å². The largest absolute Gasteiger partial charge is 0.325 e. The maximum Gasteiger partial charge on any atom is 0.107 e. The summed E-state index contributed by atoms with van der Waals surface area (Å²) in [5, 5.41) is 0.979. The summed E-state index contributed by atoms with van der Waals surface area (Å²) in [6, 6.07) is 15.4. The molecular weight excluding hydrogens is 340 g/mol. The number of nitrogens with two attached hydrogens (primary N) is 1. The van der Waals surface area contributed by atoms with E-state index in [0.29, 0.717) is 6.54 Å². The summed E-state index contributed by atoms with van der Waals surface area (Å²) in [5.41, 5.74) is 9.43. The van der Waals surface area contributed by atoms with Gasteiger partial charge in [-0.25, -0.2) is 4.98 Å². The number of thioether (sulfide) groups is 1. The summed E-state index contributed by atoms with van der Waals surface area (Å²) in [6.45, 7) is 2.62. The van der Waals surface area contributed by atoms with Crippen LogP contribution in [0.15, 0.2) is 62.7 Å². The third-order valence-corrected chi connectivity index (χ3v) is 6.23. The van der Waals surface area contributed by atoms with E-state index in [-0.39, 0.29) is 0 Å². The van der Waals surface area contributed by atoms with Gasteiger partial charge in [-0.05, 0) is 42.5 Å². The van der Waals surface area contributed by atoms with Gasteiger partial charge in [-0.15, -0.1) is 23.1 Å². The Labute approximate surface area is 149 Å². The molecule has 0 saturated carbocycles. The van der Waals surface area contributed by atoms with Crippen molar-refractivity contribution in [3.8, 4) is 11.1 Å². The Morgan fingerprint density at radius 2 is 1.78 bits per heavy atom. The zero-order valence-corrected chi connectivity index (χ0v) is 15.5. The monoisotopic (exact) mass is 358 g/mol. The second-order valence-corrected chi connectivity index (χ2v) is 8.51. The molecule has 2 nitrogen and oxygen atoms in total. The zero-order chi connectivity index (χ0) is 16.2. The first-order valence-electron chi connectivity index (χ1n) is 7.26. The number of benzene rings is 2. The number of rotatable bonds is 5. The van der Waals surface area contributed by atoms with E-state index in [2.05, 4.69) is 60.6 Å². The lowest BCUT2D eigenvalue weighted by molar-refractivity contribution is 1.04. The van der Waals surface area contributed by atoms with Crippen LogP contribution in [0.3, 0.4) is 0 Å². The van der Waals surface area contributed by atoms with Crippen LogP contribution in [0.25, 0.3) is 11.1 Å². The average molecular weight is 359 g/mol. The van der Waals surface area contributed by atoms with Gasteiger partial charge in [0, 0.05) is 16.3 Å². The van der Waals surface area contributed by atoms with Crippen LogP contribution in [0.5, 0.6) is 0 Å². The summed E-state index contributed by atoms with van der Waals surface area (Å²) >= 11 is 5.19. The maximum absolute atomic E-state index is 5.65. The molecule has 0 saturated heterocycles. The fraction of sp³-hybridized carbons (Fsp3) is 0.167. The predicted octanol–water partition coefficient (Wildman–Crippen LogP) is 5.45. The van der Waals surface area contributed by atoms with Crippen LogP contribution in [0.2, 0.25) is 0 Å². The first-order chi connectivity index (χ1) is 11.2. The van der Waals surface area contributed by atoms with Gasteiger partial charge in [-0.1, -0.05) is 41.6 Å². The number of hydrogen-bond donors (Lipinski definition) is 1. The highest BCUT2D eigenvalue weighted by molar-refractivity contribution is 8.01. The first kappa shape index (κ1) is 16.6. The molecule has 2 N–H and O–H groups in total. The van der Waals surface area contributed by atoms with Crippen LogP contribution in [-0.4, -0.2) is 11.2 Å². The van der Waals surface area contributed by atoms with Crippen LogP contribution in [0, 0.1) is 6.92 Å². The van der Waals surface area contributed by atoms with Gasteiger partial charge in [0.2, 0.25) is 0 Å². The van der Waals surface area contributed by atoms with Crippen molar-refractivity contribution in [2.45, 2.75) is 27.5 Å². The van der Waals surface area contributed by atoms with Crippen molar-refractivity contribution in [3.63, 3.8) is 0 Å². The van der Waals surface area contributed by atoms with E-state index in [1.807, 2.05) is 6.20 Å². The van der Waals surface area contributed by atoms with Crippen molar-refractivity contribution in [1.82, 2.24) is 4.98 Å². The Hall–Kier alpha value is -1.27. The summed E-state index contributed by atoms with van der Waals surface area (Å²) < 4.78 is 1.18. The maximum atomic E-state index is 5.65. The minimum atomic E-state index is 0.505. The molecule has 2 aromatic carbocycles. The van der Waals surface area contributed by atoms with Crippen molar-refractivity contribution >= 4 is 34.9 Å². The number of aromatic nitrogens is 1. The SMILES string of the molecule is CSc1cc(Sc2cnc(CN)s2)cc(-c2ccc(C)cc2)c1. The molecule has 118 valence electrons. The molecule has 23 heavy (non-hydrogen) atoms. The van der Waals surface area contributed by atoms with Crippen molar-refractivity contribution in [2.75, 3.05) is 6.26 Å². The fourth-order valence-electron chi connectivity index (χ4n) is 2.21. The first-order valence-corrected chi connectivity index (χ1v) is 10.1. The summed E-state index contributed by atoms with van der Waals surface area (Å²) in [4.78, 5) is 6.84. The quantitative estimate of drug-likeness (QED) is 0.616. The van der Waals surface area contributed by atoms with E-state index >= 15 is 0 Å². The minimum absolute atomic E-state index is 0.505. The molecular formula is C18H18N2S3. The molecule has 0 fully saturated rings. The number of hydrogen-bond acceptors (Lipinski definition) is 5. The zero-order valence-electron chi connectivity index (χ0n) is 13.1. The van der Waals surface area contributed by atoms with Gasteiger partial charge in [0.15, 0.2) is 0 Å². The third-order valence-electron chi connectivity index (χ3n) is 3.43. The van der Waals surface area contributed by atoms with Crippen molar-refractivity contribution in [2.24, 2.45) is 5.73 Å². The second-order valence-electron chi connectivity index (χ2n) is 5.14. The van der Waals surface area contributed by atoms with Crippen LogP contribution in [-0.2, 0) is 6.54 Å². The smallest absolute Gasteiger partial charge is 0.107 e. The molecule has 5 heteroatoms. The van der Waals surface area contributed by atoms with E-state index in [1.54, 1.807) is 34.9 Å². The molecule has 1 aromatic heterocycles. The lowest BCUT2D eigenvalue weighted by Gasteiger charge is -2.08. The average Bonchev–Trinajstić information content (AvgIpc) is 3.02. The summed E-state index contributed by atoms with van der Waals surface area (Å²) in [6.07, 6.45) is 4.02. The van der Waals surface area contributed by atoms with E-state index in [4.69, 9.17) is 5.73 Å². The van der Waals surface area contributed by atoms with Gasteiger partial charge >= 0.3 is 0 Å². The fourth-order valence-corrected chi connectivity index (χ4v) is 4.76. The van der Waals surface area contributed by atoms with Crippen molar-refractivity contribution in [3.05, 3.63) is 59.2 Å². The minimum Gasteiger partial charge on any atom is -0.325 e. The highest BCUT2D eigenvalue weighted by Crippen LogP contribution is 2.36. The Morgan fingerprint density at radius 1 is 1.04 bits per heavy atom. The molecule has 0 aliphatic rings. The Morgan fingerprint density at radius 3 is 2.43 bits per heavy atom. The van der Waals surface area contributed by atoms with Crippen LogP contribution in [0.1, 0.15) is 10.6 Å². The van der Waals surface area contributed by atoms with Gasteiger partial charge < -0.3 is 5.73 Å². The van der Waals surface area contributed by atoms with E-state index in [0.717, 1.165) is 5.01 Å². The molecule has 3 aromatic rings. The normalized spacial score (nSPS) is 10.9. The molecule has 0 radical (unpaired) electrons. The standard InChI is InChI=1S/C18H18N2S3/c1-12-3-5-13(6-4-12)14-7-15(21-2)9-16(8-14)22-18-11-20-17(10-19)23-18/h3-9,11H,10,19H2,1-2H3. The van der Waals surface area contributed by atoms with E-state index in [1.165, 1.54) is 30.7 Å². The molecule has 0 spiro atoms. The molecule has 0 atom stereocenters. The molecule has 0 bridgehead atoms. The lowest BCUT2D eigenvalue weighted by Crippen LogP contribution is -1.93. The van der Waals surface area contributed by atoms with Gasteiger partial charge in [0.1, 0.15) is 5.01 Å². The molecule has 0 aliphatic heterocycles. The summed E-state index contributed by atoms with van der Waals surface area (Å²) in [7, 11) is 0. The molecule has 3 rings (SSSR count). The van der Waals surface area contributed by atoms with Gasteiger partial charge in [-0.3, -0.25) is 0 Å². The molecule has 0 amide bonds. The van der Waals surface area contributed by atoms with E-state index < -0.39 is 0 Å². The van der Waals surface area contributed by atoms with Crippen LogP contribution < -0.4 is 5.73 Å². The van der Waals surface area contributed by atoms with Gasteiger partial charge in [0.25, 0.3) is 0 Å². The highest BCUT2D eigenvalue weighted by Gasteiger charge is 2.07. The lowest BCUT2D eigenvalue weighted by atomic mass is 10.0. The number of thiazole rings is 1. The summed E-state index contributed by atoms with van der Waals surface area (Å²) in [5.74, 6) is 0. The number of aryl methyl sites for hydroxylation is 1. The Balaban J connectivity index is 1.93. The van der Waals surface area contributed by atoms with Crippen molar-refractivity contribution in [1.29, 1.82) is 0 Å². The number of nitrogens with zero attached hydrogens (tertiary/aromatic N) is 1. The van der Waals surface area contributed by atoms with Gasteiger partial charge in [-0.2, -0.15) is 0 Å². The molecule has 1 heterocycles. The third kappa shape index (κ3) is 4.18. The Kier molecular flexibility index (Phi) is 5.43. The molecule has 0 unspecified atom stereocenters. The van der Waals surface area contributed by atoms with E-state index in [9.17, 15) is 0 Å². The highest BCUT2D eigenvalue weighted by atomic mass is 32.2.